The molecule has 0 aliphatic heterocycles. The zero-order valence-electron chi connectivity index (χ0n) is 9.93. The number of hydrogen-bond donors (Lipinski definition) is 1. The fourth-order valence-corrected chi connectivity index (χ4v) is 3.48. The molecule has 5 nitrogen and oxygen atoms in total. The Hall–Kier alpha value is -1.00. The van der Waals surface area contributed by atoms with Crippen LogP contribution >= 0.6 is 49.9 Å². The van der Waals surface area contributed by atoms with Crippen LogP contribution in [-0.2, 0) is 6.54 Å². The molecule has 0 saturated heterocycles. The van der Waals surface area contributed by atoms with Gasteiger partial charge in [0.1, 0.15) is 0 Å². The fraction of sp³-hybridized carbons (Fsp3) is 0.0833. The van der Waals surface area contributed by atoms with E-state index in [1.807, 2.05) is 34.0 Å². The first-order valence-corrected chi connectivity index (χ1v) is 8.17. The molecule has 0 bridgehead atoms. The van der Waals surface area contributed by atoms with Crippen LogP contribution in [0.4, 0.5) is 5.69 Å². The molecule has 1 amide bonds. The number of nitrogens with one attached hydrogen (secondary N) is 1. The number of nitro benzene ring substituents is 1. The Kier molecular flexibility index (Phi) is 5.11. The van der Waals surface area contributed by atoms with E-state index in [4.69, 9.17) is 0 Å². The van der Waals surface area contributed by atoms with Crippen LogP contribution in [0, 0.1) is 13.7 Å². The number of halogens is 2. The summed E-state index contributed by atoms with van der Waals surface area (Å²) in [6.45, 7) is 0.397. The number of hydrogen-bond acceptors (Lipinski definition) is 4. The molecular formula is C12H8BrIN2O3S. The van der Waals surface area contributed by atoms with Crippen LogP contribution < -0.4 is 5.32 Å². The van der Waals surface area contributed by atoms with Crippen LogP contribution in [-0.4, -0.2) is 10.8 Å². The number of nitrogens with zero attached hydrogens (tertiary/aromatic N) is 1. The predicted molar refractivity (Wildman–Crippen MR) is 89.0 cm³/mol. The third-order valence-corrected chi connectivity index (χ3v) is 5.09. The molecular weight excluding hydrogens is 459 g/mol. The van der Waals surface area contributed by atoms with E-state index in [0.29, 0.717) is 15.7 Å². The van der Waals surface area contributed by atoms with Gasteiger partial charge in [0, 0.05) is 30.4 Å². The fourth-order valence-electron chi connectivity index (χ4n) is 1.51. The summed E-state index contributed by atoms with van der Waals surface area (Å²) in [6, 6.07) is 6.16. The van der Waals surface area contributed by atoms with Crippen molar-refractivity contribution >= 4 is 61.5 Å². The molecule has 0 unspecified atom stereocenters. The number of carbonyl (C=O) groups is 1. The molecule has 1 aromatic heterocycles. The Morgan fingerprint density at radius 2 is 2.20 bits per heavy atom. The Morgan fingerprint density at radius 1 is 1.45 bits per heavy atom. The van der Waals surface area contributed by atoms with E-state index < -0.39 is 4.92 Å². The highest BCUT2D eigenvalue weighted by molar-refractivity contribution is 14.1. The molecule has 0 aliphatic carbocycles. The molecule has 0 aliphatic rings. The van der Waals surface area contributed by atoms with Crippen LogP contribution in [0.5, 0.6) is 0 Å². The van der Waals surface area contributed by atoms with Gasteiger partial charge in [0.15, 0.2) is 0 Å². The monoisotopic (exact) mass is 466 g/mol. The molecule has 0 saturated carbocycles. The lowest BCUT2D eigenvalue weighted by molar-refractivity contribution is -0.384. The van der Waals surface area contributed by atoms with E-state index in [-0.39, 0.29) is 11.6 Å². The van der Waals surface area contributed by atoms with E-state index >= 15 is 0 Å². The third kappa shape index (κ3) is 3.76. The van der Waals surface area contributed by atoms with E-state index in [9.17, 15) is 14.9 Å². The van der Waals surface area contributed by atoms with Gasteiger partial charge >= 0.3 is 0 Å². The lowest BCUT2D eigenvalue weighted by atomic mass is 10.2. The summed E-state index contributed by atoms with van der Waals surface area (Å²) in [5.41, 5.74) is 0.227. The second-order valence-corrected chi connectivity index (χ2v) is 6.91. The van der Waals surface area contributed by atoms with Gasteiger partial charge in [-0.15, -0.1) is 11.3 Å². The van der Waals surface area contributed by atoms with Crippen LogP contribution in [0.2, 0.25) is 0 Å². The summed E-state index contributed by atoms with van der Waals surface area (Å²) in [6.07, 6.45) is 0. The molecule has 0 fully saturated rings. The maximum absolute atomic E-state index is 12.1. The zero-order valence-corrected chi connectivity index (χ0v) is 14.5. The highest BCUT2D eigenvalue weighted by atomic mass is 127. The van der Waals surface area contributed by atoms with Crippen LogP contribution in [0.3, 0.4) is 0 Å². The number of amides is 1. The summed E-state index contributed by atoms with van der Waals surface area (Å²) in [4.78, 5) is 23.3. The molecule has 20 heavy (non-hydrogen) atoms. The SMILES string of the molecule is O=C(NCc1cc(Br)cs1)c1cc([N+](=O)[O-])ccc1I. The van der Waals surface area contributed by atoms with Gasteiger partial charge in [-0.2, -0.15) is 0 Å². The van der Waals surface area contributed by atoms with Gasteiger partial charge in [-0.25, -0.2) is 0 Å². The van der Waals surface area contributed by atoms with Gasteiger partial charge in [-0.05, 0) is 50.7 Å². The zero-order chi connectivity index (χ0) is 14.7. The van der Waals surface area contributed by atoms with Crippen molar-refractivity contribution in [3.8, 4) is 0 Å². The topological polar surface area (TPSA) is 72.2 Å². The van der Waals surface area contributed by atoms with Gasteiger partial charge in [-0.1, -0.05) is 0 Å². The van der Waals surface area contributed by atoms with E-state index in [1.165, 1.54) is 23.5 Å². The van der Waals surface area contributed by atoms with Crippen molar-refractivity contribution in [3.63, 3.8) is 0 Å². The summed E-state index contributed by atoms with van der Waals surface area (Å²) in [5.74, 6) is -0.317. The lowest BCUT2D eigenvalue weighted by Gasteiger charge is -2.05. The number of thiophene rings is 1. The van der Waals surface area contributed by atoms with Crippen molar-refractivity contribution in [2.75, 3.05) is 0 Å². The maximum atomic E-state index is 12.1. The van der Waals surface area contributed by atoms with Gasteiger partial charge in [0.2, 0.25) is 0 Å². The molecule has 0 spiro atoms. The molecule has 1 N–H and O–H groups in total. The Morgan fingerprint density at radius 3 is 2.80 bits per heavy atom. The standard InChI is InChI=1S/C12H8BrIN2O3S/c13-7-3-9(20-6-7)5-15-12(17)10-4-8(16(18)19)1-2-11(10)14/h1-4,6H,5H2,(H,15,17). The Labute approximate surface area is 140 Å². The molecule has 8 heteroatoms. The van der Waals surface area contributed by atoms with Crippen LogP contribution in [0.15, 0.2) is 34.1 Å². The average Bonchev–Trinajstić information content (AvgIpc) is 2.82. The first-order valence-electron chi connectivity index (χ1n) is 5.42. The summed E-state index contributed by atoms with van der Waals surface area (Å²) >= 11 is 6.86. The van der Waals surface area contributed by atoms with Crippen molar-refractivity contribution in [3.05, 3.63) is 58.2 Å². The number of benzene rings is 1. The highest BCUT2D eigenvalue weighted by Crippen LogP contribution is 2.21. The second-order valence-electron chi connectivity index (χ2n) is 3.84. The predicted octanol–water partition coefficient (Wildman–Crippen LogP) is 3.95. The van der Waals surface area contributed by atoms with Crippen LogP contribution in [0.1, 0.15) is 15.2 Å². The van der Waals surface area contributed by atoms with Crippen LogP contribution in [0.25, 0.3) is 0 Å². The minimum absolute atomic E-state index is 0.0885. The smallest absolute Gasteiger partial charge is 0.270 e. The molecule has 0 atom stereocenters. The molecule has 0 radical (unpaired) electrons. The Bertz CT molecular complexity index is 674. The second kappa shape index (κ2) is 6.64. The quantitative estimate of drug-likeness (QED) is 0.421. The minimum Gasteiger partial charge on any atom is -0.347 e. The normalized spacial score (nSPS) is 10.3. The number of nitro groups is 1. The van der Waals surface area contributed by atoms with Gasteiger partial charge in [0.05, 0.1) is 17.0 Å². The minimum atomic E-state index is -0.511. The van der Waals surface area contributed by atoms with Crippen molar-refractivity contribution < 1.29 is 9.72 Å². The largest absolute Gasteiger partial charge is 0.347 e. The van der Waals surface area contributed by atoms with Crippen molar-refractivity contribution in [1.29, 1.82) is 0 Å². The van der Waals surface area contributed by atoms with Gasteiger partial charge in [0.25, 0.3) is 11.6 Å². The third-order valence-electron chi connectivity index (χ3n) is 2.45. The lowest BCUT2D eigenvalue weighted by Crippen LogP contribution is -2.23. The summed E-state index contributed by atoms with van der Waals surface area (Å²) in [5, 5.41) is 15.4. The van der Waals surface area contributed by atoms with Crippen molar-refractivity contribution in [2.45, 2.75) is 6.54 Å². The van der Waals surface area contributed by atoms with Crippen molar-refractivity contribution in [1.82, 2.24) is 5.32 Å². The number of non-ortho nitro benzene ring substituents is 1. The Balaban J connectivity index is 2.12. The first-order chi connectivity index (χ1) is 9.47. The molecule has 2 rings (SSSR count). The highest BCUT2D eigenvalue weighted by Gasteiger charge is 2.15. The van der Waals surface area contributed by atoms with Gasteiger partial charge < -0.3 is 5.32 Å². The molecule has 104 valence electrons. The summed E-state index contributed by atoms with van der Waals surface area (Å²) in [7, 11) is 0. The number of carbonyl (C=O) groups excluding carboxylic acids is 1. The van der Waals surface area contributed by atoms with Gasteiger partial charge in [-0.3, -0.25) is 14.9 Å². The molecule has 1 heterocycles. The average molecular weight is 467 g/mol. The maximum Gasteiger partial charge on any atom is 0.270 e. The molecule has 2 aromatic rings. The molecule has 1 aromatic carbocycles. The van der Waals surface area contributed by atoms with E-state index in [1.54, 1.807) is 6.07 Å². The first kappa shape index (κ1) is 15.4. The van der Waals surface area contributed by atoms with E-state index in [0.717, 1.165) is 9.35 Å². The van der Waals surface area contributed by atoms with E-state index in [2.05, 4.69) is 21.2 Å². The number of rotatable bonds is 4. The summed E-state index contributed by atoms with van der Waals surface area (Å²) < 4.78 is 1.65. The van der Waals surface area contributed by atoms with Crippen molar-refractivity contribution in [2.24, 2.45) is 0 Å².